The number of carbonyl (C=O) groups is 1. The van der Waals surface area contributed by atoms with Crippen molar-refractivity contribution in [2.45, 2.75) is 19.3 Å². The molecule has 86 valence electrons. The largest absolute Gasteiger partial charge is 0.341 e. The zero-order chi connectivity index (χ0) is 11.5. The van der Waals surface area contributed by atoms with Crippen LogP contribution in [0.15, 0.2) is 24.3 Å². The summed E-state index contributed by atoms with van der Waals surface area (Å²) in [5, 5.41) is 0. The standard InChI is InChI=1S/C13H16INO/c1-15(9-10-5-4-6-10)13(16)11-7-2-3-8-12(11)14/h2-3,7-8,10H,4-6,9H2,1H3. The van der Waals surface area contributed by atoms with Crippen LogP contribution in [0.2, 0.25) is 0 Å². The lowest BCUT2D eigenvalue weighted by molar-refractivity contribution is 0.0744. The van der Waals surface area contributed by atoms with E-state index >= 15 is 0 Å². The van der Waals surface area contributed by atoms with Gasteiger partial charge in [0.15, 0.2) is 0 Å². The number of benzene rings is 1. The van der Waals surface area contributed by atoms with Gasteiger partial charge in [-0.3, -0.25) is 4.79 Å². The smallest absolute Gasteiger partial charge is 0.254 e. The van der Waals surface area contributed by atoms with Crippen molar-refractivity contribution in [3.8, 4) is 0 Å². The average Bonchev–Trinajstić information content (AvgIpc) is 2.23. The topological polar surface area (TPSA) is 20.3 Å². The Kier molecular flexibility index (Phi) is 3.84. The van der Waals surface area contributed by atoms with Crippen molar-refractivity contribution < 1.29 is 4.79 Å². The van der Waals surface area contributed by atoms with Crippen molar-refractivity contribution in [2.75, 3.05) is 13.6 Å². The van der Waals surface area contributed by atoms with Gasteiger partial charge in [0.2, 0.25) is 0 Å². The monoisotopic (exact) mass is 329 g/mol. The molecular weight excluding hydrogens is 313 g/mol. The highest BCUT2D eigenvalue weighted by molar-refractivity contribution is 14.1. The molecule has 0 heterocycles. The van der Waals surface area contributed by atoms with E-state index in [1.54, 1.807) is 0 Å². The molecule has 1 aromatic carbocycles. The lowest BCUT2D eigenvalue weighted by atomic mass is 9.85. The number of nitrogens with zero attached hydrogens (tertiary/aromatic N) is 1. The number of rotatable bonds is 3. The Bertz CT molecular complexity index is 387. The van der Waals surface area contributed by atoms with Crippen molar-refractivity contribution in [2.24, 2.45) is 5.92 Å². The lowest BCUT2D eigenvalue weighted by Gasteiger charge is -2.30. The molecule has 1 fully saturated rings. The third kappa shape index (κ3) is 2.56. The van der Waals surface area contributed by atoms with E-state index in [9.17, 15) is 4.79 Å². The van der Waals surface area contributed by atoms with Crippen LogP contribution in [0.1, 0.15) is 29.6 Å². The zero-order valence-corrected chi connectivity index (χ0v) is 11.6. The molecule has 16 heavy (non-hydrogen) atoms. The second-order valence-corrected chi connectivity index (χ2v) is 5.62. The molecule has 2 nitrogen and oxygen atoms in total. The van der Waals surface area contributed by atoms with Crippen molar-refractivity contribution in [1.29, 1.82) is 0 Å². The van der Waals surface area contributed by atoms with Crippen LogP contribution in [0, 0.1) is 9.49 Å². The van der Waals surface area contributed by atoms with Gasteiger partial charge in [0.1, 0.15) is 0 Å². The summed E-state index contributed by atoms with van der Waals surface area (Å²) in [7, 11) is 1.91. The first-order chi connectivity index (χ1) is 7.68. The highest BCUT2D eigenvalue weighted by Gasteiger charge is 2.22. The summed E-state index contributed by atoms with van der Waals surface area (Å²) in [6.07, 6.45) is 3.89. The zero-order valence-electron chi connectivity index (χ0n) is 9.45. The molecule has 1 aliphatic carbocycles. The Balaban J connectivity index is 2.03. The second-order valence-electron chi connectivity index (χ2n) is 4.46. The molecule has 1 aliphatic rings. The molecule has 1 saturated carbocycles. The van der Waals surface area contributed by atoms with Crippen LogP contribution in [0.4, 0.5) is 0 Å². The van der Waals surface area contributed by atoms with E-state index < -0.39 is 0 Å². The minimum absolute atomic E-state index is 0.150. The van der Waals surface area contributed by atoms with E-state index in [0.29, 0.717) is 0 Å². The van der Waals surface area contributed by atoms with E-state index in [-0.39, 0.29) is 5.91 Å². The molecule has 0 saturated heterocycles. The number of amides is 1. The Hall–Kier alpha value is -0.580. The van der Waals surface area contributed by atoms with E-state index in [0.717, 1.165) is 21.6 Å². The Morgan fingerprint density at radius 2 is 2.12 bits per heavy atom. The van der Waals surface area contributed by atoms with Crippen LogP contribution in [-0.2, 0) is 0 Å². The molecule has 0 N–H and O–H groups in total. The summed E-state index contributed by atoms with van der Waals surface area (Å²) in [4.78, 5) is 14.0. The first kappa shape index (κ1) is 11.9. The molecule has 1 aromatic rings. The molecule has 0 aliphatic heterocycles. The van der Waals surface area contributed by atoms with Crippen molar-refractivity contribution in [3.05, 3.63) is 33.4 Å². The van der Waals surface area contributed by atoms with Crippen molar-refractivity contribution in [1.82, 2.24) is 4.90 Å². The van der Waals surface area contributed by atoms with Gasteiger partial charge in [-0.05, 0) is 53.5 Å². The third-order valence-corrected chi connectivity index (χ3v) is 4.15. The van der Waals surface area contributed by atoms with E-state index in [1.165, 1.54) is 19.3 Å². The second kappa shape index (κ2) is 5.17. The van der Waals surface area contributed by atoms with Crippen LogP contribution in [-0.4, -0.2) is 24.4 Å². The van der Waals surface area contributed by atoms with Gasteiger partial charge in [-0.15, -0.1) is 0 Å². The van der Waals surface area contributed by atoms with Gasteiger partial charge in [0.05, 0.1) is 5.56 Å². The molecular formula is C13H16INO. The summed E-state index contributed by atoms with van der Waals surface area (Å²) < 4.78 is 1.03. The molecule has 0 aromatic heterocycles. The van der Waals surface area contributed by atoms with Crippen molar-refractivity contribution in [3.63, 3.8) is 0 Å². The Morgan fingerprint density at radius 3 is 2.69 bits per heavy atom. The van der Waals surface area contributed by atoms with E-state index in [1.807, 2.05) is 36.2 Å². The van der Waals surface area contributed by atoms with Crippen LogP contribution >= 0.6 is 22.6 Å². The van der Waals surface area contributed by atoms with Gasteiger partial charge in [-0.25, -0.2) is 0 Å². The van der Waals surface area contributed by atoms with Gasteiger partial charge >= 0.3 is 0 Å². The minimum Gasteiger partial charge on any atom is -0.341 e. The van der Waals surface area contributed by atoms with Gasteiger partial charge < -0.3 is 4.90 Å². The first-order valence-electron chi connectivity index (χ1n) is 5.68. The highest BCUT2D eigenvalue weighted by Crippen LogP contribution is 2.27. The Labute approximate surface area is 110 Å². The fraction of sp³-hybridized carbons (Fsp3) is 0.462. The molecule has 1 amide bonds. The Morgan fingerprint density at radius 1 is 1.44 bits per heavy atom. The van der Waals surface area contributed by atoms with Gasteiger partial charge in [0, 0.05) is 17.2 Å². The fourth-order valence-corrected chi connectivity index (χ4v) is 2.60. The van der Waals surface area contributed by atoms with Crippen LogP contribution < -0.4 is 0 Å². The van der Waals surface area contributed by atoms with E-state index in [4.69, 9.17) is 0 Å². The van der Waals surface area contributed by atoms with Gasteiger partial charge in [-0.2, -0.15) is 0 Å². The summed E-state index contributed by atoms with van der Waals surface area (Å²) >= 11 is 2.22. The van der Waals surface area contributed by atoms with Crippen LogP contribution in [0.3, 0.4) is 0 Å². The first-order valence-corrected chi connectivity index (χ1v) is 6.76. The van der Waals surface area contributed by atoms with Crippen LogP contribution in [0.25, 0.3) is 0 Å². The number of halogens is 1. The SMILES string of the molecule is CN(CC1CCC1)C(=O)c1ccccc1I. The number of carbonyl (C=O) groups excluding carboxylic acids is 1. The molecule has 2 rings (SSSR count). The summed E-state index contributed by atoms with van der Waals surface area (Å²) in [6.45, 7) is 0.907. The normalized spacial score (nSPS) is 15.6. The lowest BCUT2D eigenvalue weighted by Crippen LogP contribution is -2.34. The average molecular weight is 329 g/mol. The summed E-state index contributed by atoms with van der Waals surface area (Å²) in [5.74, 6) is 0.882. The predicted octanol–water partition coefficient (Wildman–Crippen LogP) is 3.16. The van der Waals surface area contributed by atoms with E-state index in [2.05, 4.69) is 22.6 Å². The summed E-state index contributed by atoms with van der Waals surface area (Å²) in [5.41, 5.74) is 0.824. The summed E-state index contributed by atoms with van der Waals surface area (Å²) in [6, 6.07) is 7.77. The number of hydrogen-bond donors (Lipinski definition) is 0. The quantitative estimate of drug-likeness (QED) is 0.780. The maximum atomic E-state index is 12.2. The molecule has 0 atom stereocenters. The van der Waals surface area contributed by atoms with Gasteiger partial charge in [-0.1, -0.05) is 18.6 Å². The minimum atomic E-state index is 0.150. The molecule has 3 heteroatoms. The van der Waals surface area contributed by atoms with Gasteiger partial charge in [0.25, 0.3) is 5.91 Å². The molecule has 0 unspecified atom stereocenters. The molecule has 0 bridgehead atoms. The fourth-order valence-electron chi connectivity index (χ4n) is 1.99. The molecule has 0 spiro atoms. The number of hydrogen-bond acceptors (Lipinski definition) is 1. The third-order valence-electron chi connectivity index (χ3n) is 3.21. The highest BCUT2D eigenvalue weighted by atomic mass is 127. The maximum Gasteiger partial charge on any atom is 0.254 e. The van der Waals surface area contributed by atoms with Crippen LogP contribution in [0.5, 0.6) is 0 Å². The maximum absolute atomic E-state index is 12.2. The van der Waals surface area contributed by atoms with Crippen molar-refractivity contribution >= 4 is 28.5 Å². The molecule has 0 radical (unpaired) electrons. The predicted molar refractivity (Wildman–Crippen MR) is 73.5 cm³/mol.